The number of carbonyl (C=O) groups is 1. The highest BCUT2D eigenvalue weighted by atomic mass is 35.5. The first kappa shape index (κ1) is 18.3. The fourth-order valence-corrected chi connectivity index (χ4v) is 3.75. The smallest absolute Gasteiger partial charge is 0.267 e. The van der Waals surface area contributed by atoms with E-state index in [2.05, 4.69) is 10.00 Å². The van der Waals surface area contributed by atoms with E-state index in [0.717, 1.165) is 24.2 Å². The van der Waals surface area contributed by atoms with Gasteiger partial charge in [0.25, 0.3) is 5.56 Å². The zero-order valence-electron chi connectivity index (χ0n) is 14.8. The molecule has 2 heterocycles. The minimum Gasteiger partial charge on any atom is -0.367 e. The van der Waals surface area contributed by atoms with E-state index in [1.807, 2.05) is 12.1 Å². The molecule has 0 bridgehead atoms. The van der Waals surface area contributed by atoms with Gasteiger partial charge in [0.05, 0.1) is 21.4 Å². The van der Waals surface area contributed by atoms with Crippen LogP contribution in [0.25, 0.3) is 0 Å². The molecule has 0 atom stereocenters. The number of piperazine rings is 1. The number of anilines is 1. The Bertz CT molecular complexity index is 918. The molecular weight excluding hydrogens is 387 g/mol. The van der Waals surface area contributed by atoms with E-state index in [4.69, 9.17) is 23.2 Å². The van der Waals surface area contributed by atoms with Crippen molar-refractivity contribution in [2.24, 2.45) is 0 Å². The molecule has 1 saturated heterocycles. The van der Waals surface area contributed by atoms with Gasteiger partial charge in [0.15, 0.2) is 0 Å². The van der Waals surface area contributed by atoms with Gasteiger partial charge in [0.2, 0.25) is 5.91 Å². The minimum atomic E-state index is -0.239. The maximum absolute atomic E-state index is 12.6. The molecule has 2 fully saturated rings. The summed E-state index contributed by atoms with van der Waals surface area (Å²) < 4.78 is 1.29. The van der Waals surface area contributed by atoms with Crippen molar-refractivity contribution >= 4 is 34.8 Å². The predicted molar refractivity (Wildman–Crippen MR) is 106 cm³/mol. The number of carbonyl (C=O) groups excluding carboxylic acids is 1. The zero-order valence-corrected chi connectivity index (χ0v) is 16.3. The maximum Gasteiger partial charge on any atom is 0.267 e. The molecule has 1 aliphatic carbocycles. The summed E-state index contributed by atoms with van der Waals surface area (Å²) in [7, 11) is 0. The van der Waals surface area contributed by atoms with E-state index >= 15 is 0 Å². The molecule has 4 rings (SSSR count). The third-order valence-corrected chi connectivity index (χ3v) is 5.88. The number of nitrogens with zero attached hydrogens (tertiary/aromatic N) is 4. The Morgan fingerprint density at radius 2 is 1.81 bits per heavy atom. The Labute approximate surface area is 167 Å². The molecule has 0 radical (unpaired) electrons. The van der Waals surface area contributed by atoms with Crippen molar-refractivity contribution in [2.45, 2.75) is 25.3 Å². The molecule has 1 aromatic heterocycles. The van der Waals surface area contributed by atoms with Crippen molar-refractivity contribution in [1.82, 2.24) is 14.7 Å². The van der Waals surface area contributed by atoms with Crippen molar-refractivity contribution < 1.29 is 4.79 Å². The highest BCUT2D eigenvalue weighted by Gasteiger charge is 2.27. The lowest BCUT2D eigenvalue weighted by Crippen LogP contribution is -2.50. The summed E-state index contributed by atoms with van der Waals surface area (Å²) in [6, 6.07) is 8.83. The minimum absolute atomic E-state index is 0.0166. The van der Waals surface area contributed by atoms with Gasteiger partial charge in [0.1, 0.15) is 6.54 Å². The Kier molecular flexibility index (Phi) is 5.10. The number of hydrogen-bond acceptors (Lipinski definition) is 4. The van der Waals surface area contributed by atoms with Crippen LogP contribution in [0.2, 0.25) is 10.0 Å². The molecule has 1 amide bonds. The van der Waals surface area contributed by atoms with Crippen molar-refractivity contribution in [3.05, 3.63) is 56.4 Å². The standard InChI is InChI=1S/C19H20Cl2N4O2/c20-14-2-1-3-16(19(14)21)23-8-10-24(11-9-23)18(27)12-25-17(26)7-6-15(22-25)13-4-5-13/h1-3,6-7,13H,4-5,8-12H2. The lowest BCUT2D eigenvalue weighted by atomic mass is 10.2. The van der Waals surface area contributed by atoms with Crippen molar-refractivity contribution in [3.63, 3.8) is 0 Å². The van der Waals surface area contributed by atoms with E-state index in [9.17, 15) is 9.59 Å². The van der Waals surface area contributed by atoms with Crippen LogP contribution in [0.5, 0.6) is 0 Å². The van der Waals surface area contributed by atoms with Crippen LogP contribution in [0.3, 0.4) is 0 Å². The van der Waals surface area contributed by atoms with Gasteiger partial charge in [-0.3, -0.25) is 9.59 Å². The fourth-order valence-electron chi connectivity index (χ4n) is 3.34. The fraction of sp³-hybridized carbons (Fsp3) is 0.421. The average molecular weight is 407 g/mol. The summed E-state index contributed by atoms with van der Waals surface area (Å²) in [5.41, 5.74) is 1.55. The molecule has 6 nitrogen and oxygen atoms in total. The van der Waals surface area contributed by atoms with E-state index < -0.39 is 0 Å². The molecule has 27 heavy (non-hydrogen) atoms. The highest BCUT2D eigenvalue weighted by molar-refractivity contribution is 6.43. The second kappa shape index (κ2) is 7.52. The molecule has 0 spiro atoms. The van der Waals surface area contributed by atoms with Gasteiger partial charge >= 0.3 is 0 Å². The van der Waals surface area contributed by atoms with Crippen LogP contribution in [0.15, 0.2) is 35.1 Å². The van der Waals surface area contributed by atoms with Crippen LogP contribution in [0.4, 0.5) is 5.69 Å². The number of rotatable bonds is 4. The third-order valence-electron chi connectivity index (χ3n) is 5.07. The van der Waals surface area contributed by atoms with Gasteiger partial charge < -0.3 is 9.80 Å². The molecule has 0 unspecified atom stereocenters. The maximum atomic E-state index is 12.6. The van der Waals surface area contributed by atoms with Crippen LogP contribution >= 0.6 is 23.2 Å². The normalized spacial score (nSPS) is 17.3. The predicted octanol–water partition coefficient (Wildman–Crippen LogP) is 2.78. The number of hydrogen-bond donors (Lipinski definition) is 0. The highest BCUT2D eigenvalue weighted by Crippen LogP contribution is 2.38. The molecule has 2 aromatic rings. The molecule has 0 N–H and O–H groups in total. The molecule has 1 saturated carbocycles. The Morgan fingerprint density at radius 3 is 2.52 bits per heavy atom. The third kappa shape index (κ3) is 3.96. The summed E-state index contributed by atoms with van der Waals surface area (Å²) in [5, 5.41) is 5.42. The molecular formula is C19H20Cl2N4O2. The number of benzene rings is 1. The van der Waals surface area contributed by atoms with Crippen LogP contribution < -0.4 is 10.5 Å². The summed E-state index contributed by atoms with van der Waals surface area (Å²) in [6.07, 6.45) is 2.21. The summed E-state index contributed by atoms with van der Waals surface area (Å²) in [5.74, 6) is 0.354. The second-order valence-electron chi connectivity index (χ2n) is 6.97. The molecule has 8 heteroatoms. The first-order valence-corrected chi connectivity index (χ1v) is 9.83. The van der Waals surface area contributed by atoms with E-state index in [1.165, 1.54) is 10.7 Å². The van der Waals surface area contributed by atoms with E-state index in [-0.39, 0.29) is 18.0 Å². The van der Waals surface area contributed by atoms with Gasteiger partial charge in [0, 0.05) is 38.2 Å². The largest absolute Gasteiger partial charge is 0.367 e. The number of amides is 1. The molecule has 1 aliphatic heterocycles. The molecule has 2 aliphatic rings. The van der Waals surface area contributed by atoms with Crippen LogP contribution in [0.1, 0.15) is 24.5 Å². The van der Waals surface area contributed by atoms with Gasteiger partial charge in [-0.1, -0.05) is 29.3 Å². The lowest BCUT2D eigenvalue weighted by molar-refractivity contribution is -0.132. The Balaban J connectivity index is 1.40. The summed E-state index contributed by atoms with van der Waals surface area (Å²) >= 11 is 12.4. The summed E-state index contributed by atoms with van der Waals surface area (Å²) in [4.78, 5) is 28.6. The molecule has 142 valence electrons. The van der Waals surface area contributed by atoms with Crippen LogP contribution in [-0.4, -0.2) is 46.8 Å². The van der Waals surface area contributed by atoms with Crippen LogP contribution in [-0.2, 0) is 11.3 Å². The Morgan fingerprint density at radius 1 is 1.07 bits per heavy atom. The number of aromatic nitrogens is 2. The lowest BCUT2D eigenvalue weighted by Gasteiger charge is -2.36. The van der Waals surface area contributed by atoms with Crippen LogP contribution in [0, 0.1) is 0 Å². The van der Waals surface area contributed by atoms with Gasteiger partial charge in [-0.2, -0.15) is 5.10 Å². The van der Waals surface area contributed by atoms with Crippen molar-refractivity contribution in [1.29, 1.82) is 0 Å². The van der Waals surface area contributed by atoms with E-state index in [1.54, 1.807) is 17.0 Å². The topological polar surface area (TPSA) is 58.4 Å². The van der Waals surface area contributed by atoms with Gasteiger partial charge in [-0.05, 0) is 31.0 Å². The van der Waals surface area contributed by atoms with Gasteiger partial charge in [-0.25, -0.2) is 4.68 Å². The zero-order chi connectivity index (χ0) is 19.0. The quantitative estimate of drug-likeness (QED) is 0.782. The number of halogens is 2. The first-order chi connectivity index (χ1) is 13.0. The Hall–Kier alpha value is -2.05. The van der Waals surface area contributed by atoms with Crippen molar-refractivity contribution in [2.75, 3.05) is 31.1 Å². The van der Waals surface area contributed by atoms with E-state index in [0.29, 0.717) is 42.1 Å². The van der Waals surface area contributed by atoms with Gasteiger partial charge in [-0.15, -0.1) is 0 Å². The SMILES string of the molecule is O=C(Cn1nc(C2CC2)ccc1=O)N1CCN(c2cccc(Cl)c2Cl)CC1. The second-order valence-corrected chi connectivity index (χ2v) is 7.75. The first-order valence-electron chi connectivity index (χ1n) is 9.08. The monoisotopic (exact) mass is 406 g/mol. The average Bonchev–Trinajstić information content (AvgIpc) is 3.51. The van der Waals surface area contributed by atoms with Crippen molar-refractivity contribution in [3.8, 4) is 0 Å². The molecule has 1 aromatic carbocycles. The summed E-state index contributed by atoms with van der Waals surface area (Å²) in [6.45, 7) is 2.45.